The van der Waals surface area contributed by atoms with E-state index in [2.05, 4.69) is 15.8 Å². The number of carbonyl (C=O) groups is 3. The molecule has 4 aliphatic rings. The normalized spacial score (nSPS) is 25.3. The summed E-state index contributed by atoms with van der Waals surface area (Å²) < 4.78 is 11.2. The standard InChI is InChI=1S/C24H38N4O5.ClH/c1-28-23(33-16-24(28)12-6-3-7-13-24)27-26-22(31)20(29)19(17-10-14-32-15-11-17)25-21(30)18-8-4-2-5-9-18;/h17-19H,2-16H2,1H3,(H,25,30)(H,26,31);1H/b27-23-;. The van der Waals surface area contributed by atoms with Crippen LogP contribution >= 0.6 is 12.4 Å². The molecule has 2 aliphatic heterocycles. The monoisotopic (exact) mass is 498 g/mol. The van der Waals surface area contributed by atoms with Crippen LogP contribution in [0.3, 0.4) is 0 Å². The summed E-state index contributed by atoms with van der Waals surface area (Å²) in [5, 5.41) is 7.06. The van der Waals surface area contributed by atoms with Crippen LogP contribution < -0.4 is 10.7 Å². The second kappa shape index (κ2) is 12.2. The van der Waals surface area contributed by atoms with Gasteiger partial charge >= 0.3 is 11.9 Å². The molecule has 2 heterocycles. The van der Waals surface area contributed by atoms with E-state index in [1.807, 2.05) is 11.9 Å². The zero-order chi connectivity index (χ0) is 23.3. The molecule has 2 saturated heterocycles. The number of hydrazone groups is 1. The number of nitrogens with zero attached hydrogens (tertiary/aromatic N) is 2. The third-order valence-corrected chi connectivity index (χ3v) is 8.02. The molecule has 2 N–H and O–H groups in total. The van der Waals surface area contributed by atoms with E-state index in [-0.39, 0.29) is 35.7 Å². The maximum absolute atomic E-state index is 13.2. The minimum atomic E-state index is -0.851. The SMILES string of the molecule is CN1/C(=N/NC(=O)C(=O)C(NC(=O)C2CCCCC2)C2CCOCC2)OCC12CCCCC2.Cl. The van der Waals surface area contributed by atoms with E-state index in [1.54, 1.807) is 0 Å². The number of hydrogen-bond donors (Lipinski definition) is 2. The largest absolute Gasteiger partial charge is 0.461 e. The Balaban J connectivity index is 0.00000324. The van der Waals surface area contributed by atoms with E-state index in [4.69, 9.17) is 9.47 Å². The third kappa shape index (κ3) is 6.03. The quantitative estimate of drug-likeness (QED) is 0.430. The molecule has 0 bridgehead atoms. The molecule has 9 nitrogen and oxygen atoms in total. The number of amidine groups is 1. The first kappa shape index (κ1) is 26.7. The lowest BCUT2D eigenvalue weighted by atomic mass is 9.82. The van der Waals surface area contributed by atoms with Crippen molar-refractivity contribution in [1.29, 1.82) is 0 Å². The summed E-state index contributed by atoms with van der Waals surface area (Å²) in [6, 6.07) is -0.512. The molecular weight excluding hydrogens is 460 g/mol. The molecule has 10 heteroatoms. The van der Waals surface area contributed by atoms with Gasteiger partial charge in [0.05, 0.1) is 5.54 Å². The summed E-state index contributed by atoms with van der Waals surface area (Å²) in [6.07, 6.45) is 11.8. The molecule has 2 aliphatic carbocycles. The molecule has 2 saturated carbocycles. The van der Waals surface area contributed by atoms with Crippen molar-refractivity contribution >= 4 is 36.0 Å². The fraction of sp³-hybridized carbons (Fsp3) is 0.833. The topological polar surface area (TPSA) is 109 Å². The van der Waals surface area contributed by atoms with Crippen molar-refractivity contribution in [3.8, 4) is 0 Å². The maximum Gasteiger partial charge on any atom is 0.309 e. The van der Waals surface area contributed by atoms with E-state index in [0.717, 1.165) is 57.8 Å². The lowest BCUT2D eigenvalue weighted by Gasteiger charge is -2.37. The molecule has 0 radical (unpaired) electrons. The molecule has 4 rings (SSSR count). The van der Waals surface area contributed by atoms with Gasteiger partial charge in [-0.3, -0.25) is 14.4 Å². The second-order valence-corrected chi connectivity index (χ2v) is 10.1. The smallest absolute Gasteiger partial charge is 0.309 e. The first-order chi connectivity index (χ1) is 16.0. The minimum Gasteiger partial charge on any atom is -0.461 e. The summed E-state index contributed by atoms with van der Waals surface area (Å²) in [7, 11) is 1.93. The van der Waals surface area contributed by atoms with Gasteiger partial charge < -0.3 is 19.7 Å². The summed E-state index contributed by atoms with van der Waals surface area (Å²) >= 11 is 0. The highest BCUT2D eigenvalue weighted by Gasteiger charge is 2.45. The Kier molecular flexibility index (Phi) is 9.59. The predicted molar refractivity (Wildman–Crippen MR) is 129 cm³/mol. The number of hydrogen-bond acceptors (Lipinski definition) is 6. The highest BCUT2D eigenvalue weighted by atomic mass is 35.5. The fourth-order valence-electron chi connectivity index (χ4n) is 5.77. The van der Waals surface area contributed by atoms with Crippen LogP contribution in [0.4, 0.5) is 0 Å². The summed E-state index contributed by atoms with van der Waals surface area (Å²) in [5.41, 5.74) is 2.33. The number of nitrogens with one attached hydrogen (secondary N) is 2. The third-order valence-electron chi connectivity index (χ3n) is 8.02. The highest BCUT2D eigenvalue weighted by Crippen LogP contribution is 2.37. The number of likely N-dealkylation sites (N-methyl/N-ethyl adjacent to an activating group) is 1. The van der Waals surface area contributed by atoms with Gasteiger partial charge in [0.25, 0.3) is 0 Å². The lowest BCUT2D eigenvalue weighted by molar-refractivity contribution is -0.142. The fourth-order valence-corrected chi connectivity index (χ4v) is 5.77. The van der Waals surface area contributed by atoms with Crippen LogP contribution in [0.25, 0.3) is 0 Å². The molecule has 1 atom stereocenters. The Morgan fingerprint density at radius 2 is 1.65 bits per heavy atom. The zero-order valence-corrected chi connectivity index (χ0v) is 21.0. The van der Waals surface area contributed by atoms with Crippen LogP contribution in [0.5, 0.6) is 0 Å². The molecule has 1 unspecified atom stereocenters. The van der Waals surface area contributed by atoms with Gasteiger partial charge in [-0.15, -0.1) is 17.5 Å². The van der Waals surface area contributed by atoms with Crippen molar-refractivity contribution < 1.29 is 23.9 Å². The van der Waals surface area contributed by atoms with Gasteiger partial charge in [0.2, 0.25) is 11.7 Å². The minimum absolute atomic E-state index is 0. The van der Waals surface area contributed by atoms with Gasteiger partial charge in [0.15, 0.2) is 0 Å². The average molecular weight is 499 g/mol. The molecule has 0 aromatic rings. The number of carbonyl (C=O) groups excluding carboxylic acids is 3. The average Bonchev–Trinajstić information content (AvgIpc) is 3.16. The maximum atomic E-state index is 13.2. The van der Waals surface area contributed by atoms with Crippen molar-refractivity contribution in [2.45, 2.75) is 88.6 Å². The molecular formula is C24H39ClN4O5. The molecule has 4 fully saturated rings. The van der Waals surface area contributed by atoms with Gasteiger partial charge in [0, 0.05) is 26.2 Å². The molecule has 34 heavy (non-hydrogen) atoms. The number of ketones is 1. The van der Waals surface area contributed by atoms with Gasteiger partial charge in [0.1, 0.15) is 12.6 Å². The Hall–Kier alpha value is -1.87. The van der Waals surface area contributed by atoms with Gasteiger partial charge in [-0.1, -0.05) is 38.5 Å². The van der Waals surface area contributed by atoms with E-state index < -0.39 is 17.7 Å². The van der Waals surface area contributed by atoms with Gasteiger partial charge in [-0.2, -0.15) is 0 Å². The van der Waals surface area contributed by atoms with Crippen molar-refractivity contribution in [2.24, 2.45) is 16.9 Å². The van der Waals surface area contributed by atoms with Gasteiger partial charge in [-0.05, 0) is 44.4 Å². The number of Topliss-reactive ketones (excluding diaryl/α,β-unsaturated/α-hetero) is 1. The van der Waals surface area contributed by atoms with E-state index in [1.165, 1.54) is 6.42 Å². The zero-order valence-electron chi connectivity index (χ0n) is 20.2. The number of rotatable bonds is 6. The molecule has 0 aromatic heterocycles. The van der Waals surface area contributed by atoms with Crippen molar-refractivity contribution in [3.05, 3.63) is 0 Å². The first-order valence-electron chi connectivity index (χ1n) is 12.7. The number of ether oxygens (including phenoxy) is 2. The number of halogens is 1. The van der Waals surface area contributed by atoms with Crippen molar-refractivity contribution in [2.75, 3.05) is 26.9 Å². The Morgan fingerprint density at radius 3 is 2.32 bits per heavy atom. The lowest BCUT2D eigenvalue weighted by Crippen LogP contribution is -2.53. The van der Waals surface area contributed by atoms with Crippen LogP contribution in [0.2, 0.25) is 0 Å². The van der Waals surface area contributed by atoms with E-state index in [9.17, 15) is 14.4 Å². The van der Waals surface area contributed by atoms with Crippen molar-refractivity contribution in [1.82, 2.24) is 15.6 Å². The van der Waals surface area contributed by atoms with Crippen LogP contribution in [-0.4, -0.2) is 67.0 Å². The summed E-state index contributed by atoms with van der Waals surface area (Å²) in [5.74, 6) is -1.78. The van der Waals surface area contributed by atoms with Gasteiger partial charge in [-0.25, -0.2) is 5.43 Å². The first-order valence-corrected chi connectivity index (χ1v) is 12.7. The van der Waals surface area contributed by atoms with Crippen LogP contribution in [0.15, 0.2) is 5.10 Å². The second-order valence-electron chi connectivity index (χ2n) is 10.1. The Bertz CT molecular complexity index is 758. The molecule has 0 aromatic carbocycles. The Morgan fingerprint density at radius 1 is 1.00 bits per heavy atom. The predicted octanol–water partition coefficient (Wildman–Crippen LogP) is 2.52. The number of amides is 2. The molecule has 192 valence electrons. The van der Waals surface area contributed by atoms with E-state index >= 15 is 0 Å². The summed E-state index contributed by atoms with van der Waals surface area (Å²) in [6.45, 7) is 1.60. The van der Waals surface area contributed by atoms with Crippen LogP contribution in [0, 0.1) is 11.8 Å². The Labute approximate surface area is 208 Å². The molecule has 2 amide bonds. The highest BCUT2D eigenvalue weighted by molar-refractivity contribution is 6.38. The van der Waals surface area contributed by atoms with Crippen molar-refractivity contribution in [3.63, 3.8) is 0 Å². The summed E-state index contributed by atoms with van der Waals surface area (Å²) in [4.78, 5) is 40.8. The van der Waals surface area contributed by atoms with Crippen LogP contribution in [-0.2, 0) is 23.9 Å². The van der Waals surface area contributed by atoms with Crippen LogP contribution in [0.1, 0.15) is 77.0 Å². The molecule has 1 spiro atoms. The van der Waals surface area contributed by atoms with E-state index in [0.29, 0.717) is 38.7 Å².